The zero-order chi connectivity index (χ0) is 20.4. The zero-order valence-electron chi connectivity index (χ0n) is 17.4. The summed E-state index contributed by atoms with van der Waals surface area (Å²) >= 11 is 0. The van der Waals surface area contributed by atoms with Crippen molar-refractivity contribution in [1.82, 2.24) is 29.4 Å². The number of hydrogen-bond acceptors (Lipinski definition) is 4. The number of rotatable bonds is 5. The van der Waals surface area contributed by atoms with Crippen LogP contribution in [-0.4, -0.2) is 41.9 Å². The third-order valence-corrected chi connectivity index (χ3v) is 5.98. The number of aryl methyl sites for hydroxylation is 2. The van der Waals surface area contributed by atoms with Gasteiger partial charge in [0.25, 0.3) is 0 Å². The van der Waals surface area contributed by atoms with Crippen LogP contribution in [0.2, 0.25) is 0 Å². The van der Waals surface area contributed by atoms with Crippen LogP contribution in [0.3, 0.4) is 0 Å². The maximum absolute atomic E-state index is 13.2. The van der Waals surface area contributed by atoms with Gasteiger partial charge in [0.05, 0.1) is 11.7 Å². The predicted molar refractivity (Wildman–Crippen MR) is 111 cm³/mol. The molecule has 0 N–H and O–H groups in total. The summed E-state index contributed by atoms with van der Waals surface area (Å²) in [5.41, 5.74) is 4.35. The van der Waals surface area contributed by atoms with Crippen LogP contribution in [0.25, 0.3) is 5.69 Å². The molecule has 4 rings (SSSR count). The second-order valence-electron chi connectivity index (χ2n) is 7.77. The molecule has 7 nitrogen and oxygen atoms in total. The number of hydrogen-bond donors (Lipinski definition) is 0. The van der Waals surface area contributed by atoms with Gasteiger partial charge >= 0.3 is 0 Å². The molecule has 0 aliphatic carbocycles. The minimum absolute atomic E-state index is 0.0324. The second-order valence-corrected chi connectivity index (χ2v) is 7.77. The van der Waals surface area contributed by atoms with Crippen LogP contribution in [0.15, 0.2) is 36.7 Å². The molecule has 1 aliphatic heterocycles. The normalized spacial score (nSPS) is 16.9. The van der Waals surface area contributed by atoms with Gasteiger partial charge in [0, 0.05) is 31.4 Å². The number of likely N-dealkylation sites (tertiary alicyclic amines) is 1. The van der Waals surface area contributed by atoms with Crippen molar-refractivity contribution in [3.05, 3.63) is 59.4 Å². The van der Waals surface area contributed by atoms with E-state index in [0.717, 1.165) is 55.1 Å². The summed E-state index contributed by atoms with van der Waals surface area (Å²) in [6, 6.07) is 10.0. The molecule has 152 valence electrons. The lowest BCUT2D eigenvalue weighted by Crippen LogP contribution is -2.39. The third-order valence-electron chi connectivity index (χ3n) is 5.98. The first-order chi connectivity index (χ1) is 14.1. The summed E-state index contributed by atoms with van der Waals surface area (Å²) in [4.78, 5) is 15.2. The van der Waals surface area contributed by atoms with Crippen molar-refractivity contribution in [3.63, 3.8) is 0 Å². The van der Waals surface area contributed by atoms with Crippen molar-refractivity contribution >= 4 is 5.91 Å². The molecule has 1 amide bonds. The van der Waals surface area contributed by atoms with Gasteiger partial charge in [-0.1, -0.05) is 18.2 Å². The Morgan fingerprint density at radius 1 is 1.17 bits per heavy atom. The molecular weight excluding hydrogens is 364 g/mol. The molecular formula is C22H28N6O. The van der Waals surface area contributed by atoms with Crippen molar-refractivity contribution < 1.29 is 4.79 Å². The fraction of sp³-hybridized carbons (Fsp3) is 0.455. The van der Waals surface area contributed by atoms with E-state index in [1.165, 1.54) is 5.56 Å². The van der Waals surface area contributed by atoms with Crippen molar-refractivity contribution in [1.29, 1.82) is 0 Å². The van der Waals surface area contributed by atoms with Gasteiger partial charge in [-0.3, -0.25) is 14.0 Å². The minimum atomic E-state index is -0.0324. The van der Waals surface area contributed by atoms with E-state index in [9.17, 15) is 4.79 Å². The predicted octanol–water partition coefficient (Wildman–Crippen LogP) is 3.30. The number of aromatic nitrogens is 5. The van der Waals surface area contributed by atoms with Crippen LogP contribution in [0.4, 0.5) is 0 Å². The number of nitrogens with zero attached hydrogens (tertiary/aromatic N) is 6. The van der Waals surface area contributed by atoms with Gasteiger partial charge in [-0.05, 0) is 57.2 Å². The van der Waals surface area contributed by atoms with Gasteiger partial charge in [-0.15, -0.1) is 10.2 Å². The molecule has 0 saturated carbocycles. The first-order valence-electron chi connectivity index (χ1n) is 10.3. The molecule has 1 aliphatic rings. The Morgan fingerprint density at radius 2 is 1.97 bits per heavy atom. The maximum Gasteiger partial charge on any atom is 0.223 e. The fourth-order valence-electron chi connectivity index (χ4n) is 4.31. The Morgan fingerprint density at radius 3 is 2.69 bits per heavy atom. The van der Waals surface area contributed by atoms with E-state index in [-0.39, 0.29) is 11.9 Å². The van der Waals surface area contributed by atoms with E-state index in [0.29, 0.717) is 6.42 Å². The average Bonchev–Trinajstić information content (AvgIpc) is 3.32. The van der Waals surface area contributed by atoms with Gasteiger partial charge in [-0.2, -0.15) is 5.10 Å². The van der Waals surface area contributed by atoms with Crippen molar-refractivity contribution in [2.75, 3.05) is 6.54 Å². The highest BCUT2D eigenvalue weighted by atomic mass is 16.2. The lowest BCUT2D eigenvalue weighted by Gasteiger charge is -2.35. The molecule has 1 aromatic carbocycles. The van der Waals surface area contributed by atoms with Crippen molar-refractivity contribution in [2.24, 2.45) is 7.05 Å². The lowest BCUT2D eigenvalue weighted by molar-refractivity contribution is -0.135. The standard InChI is InChI=1S/C22H28N6O/c1-16-19(17(2)26(3)25-16)12-13-21(29)27-14-8-7-11-20(27)22-24-23-15-28(22)18-9-5-4-6-10-18/h4-6,9-10,15,20H,7-8,11-14H2,1-3H3. The summed E-state index contributed by atoms with van der Waals surface area (Å²) in [6.45, 7) is 4.85. The van der Waals surface area contributed by atoms with Crippen LogP contribution in [-0.2, 0) is 18.3 Å². The summed E-state index contributed by atoms with van der Waals surface area (Å²) in [5, 5.41) is 13.0. The Kier molecular flexibility index (Phi) is 5.47. The third kappa shape index (κ3) is 3.81. The molecule has 0 bridgehead atoms. The Balaban J connectivity index is 1.54. The molecule has 1 fully saturated rings. The van der Waals surface area contributed by atoms with Crippen LogP contribution >= 0.6 is 0 Å². The fourth-order valence-corrected chi connectivity index (χ4v) is 4.31. The van der Waals surface area contributed by atoms with Gasteiger partial charge < -0.3 is 4.90 Å². The highest BCUT2D eigenvalue weighted by Crippen LogP contribution is 2.31. The molecule has 7 heteroatoms. The Hall–Kier alpha value is -2.96. The Labute approximate surface area is 171 Å². The molecule has 3 heterocycles. The second kappa shape index (κ2) is 8.19. The molecule has 3 aromatic rings. The van der Waals surface area contributed by atoms with Crippen molar-refractivity contribution in [2.45, 2.75) is 52.0 Å². The van der Waals surface area contributed by atoms with E-state index in [2.05, 4.69) is 22.2 Å². The van der Waals surface area contributed by atoms with Crippen LogP contribution in [0.5, 0.6) is 0 Å². The topological polar surface area (TPSA) is 68.8 Å². The summed E-state index contributed by atoms with van der Waals surface area (Å²) in [6.07, 6.45) is 6.00. The Bertz CT molecular complexity index is 990. The van der Waals surface area contributed by atoms with Crippen LogP contribution in [0, 0.1) is 13.8 Å². The number of carbonyl (C=O) groups excluding carboxylic acids is 1. The van der Waals surface area contributed by atoms with Gasteiger partial charge in [0.2, 0.25) is 5.91 Å². The van der Waals surface area contributed by atoms with Crippen LogP contribution in [0.1, 0.15) is 54.5 Å². The summed E-state index contributed by atoms with van der Waals surface area (Å²) in [5.74, 6) is 1.03. The zero-order valence-corrected chi connectivity index (χ0v) is 17.4. The molecule has 1 unspecified atom stereocenters. The first kappa shape index (κ1) is 19.4. The van der Waals surface area contributed by atoms with Gasteiger partial charge in [0.1, 0.15) is 6.33 Å². The molecule has 29 heavy (non-hydrogen) atoms. The number of piperidine rings is 1. The monoisotopic (exact) mass is 392 g/mol. The largest absolute Gasteiger partial charge is 0.332 e. The highest BCUT2D eigenvalue weighted by molar-refractivity contribution is 5.77. The number of carbonyl (C=O) groups is 1. The number of benzene rings is 1. The van der Waals surface area contributed by atoms with E-state index in [1.54, 1.807) is 6.33 Å². The highest BCUT2D eigenvalue weighted by Gasteiger charge is 2.31. The van der Waals surface area contributed by atoms with Crippen LogP contribution < -0.4 is 0 Å². The van der Waals surface area contributed by atoms with E-state index < -0.39 is 0 Å². The molecule has 1 saturated heterocycles. The number of amides is 1. The maximum atomic E-state index is 13.2. The SMILES string of the molecule is Cc1nn(C)c(C)c1CCC(=O)N1CCCCC1c1nncn1-c1ccccc1. The smallest absolute Gasteiger partial charge is 0.223 e. The van der Waals surface area contributed by atoms with E-state index >= 15 is 0 Å². The average molecular weight is 393 g/mol. The minimum Gasteiger partial charge on any atom is -0.332 e. The summed E-state index contributed by atoms with van der Waals surface area (Å²) < 4.78 is 3.90. The number of para-hydroxylation sites is 1. The van der Waals surface area contributed by atoms with Gasteiger partial charge in [0.15, 0.2) is 5.82 Å². The quantitative estimate of drug-likeness (QED) is 0.668. The molecule has 1 atom stereocenters. The molecule has 0 spiro atoms. The molecule has 2 aromatic heterocycles. The van der Waals surface area contributed by atoms with E-state index in [4.69, 9.17) is 0 Å². The van der Waals surface area contributed by atoms with Crippen molar-refractivity contribution in [3.8, 4) is 5.69 Å². The van der Waals surface area contributed by atoms with Gasteiger partial charge in [-0.25, -0.2) is 0 Å². The molecule has 0 radical (unpaired) electrons. The first-order valence-corrected chi connectivity index (χ1v) is 10.3. The lowest BCUT2D eigenvalue weighted by atomic mass is 9.99. The summed E-state index contributed by atoms with van der Waals surface area (Å²) in [7, 11) is 1.95. The van der Waals surface area contributed by atoms with E-state index in [1.807, 2.05) is 58.5 Å².